The minimum Gasteiger partial charge on any atom is -0.494 e. The van der Waals surface area contributed by atoms with E-state index in [2.05, 4.69) is 40.7 Å². The van der Waals surface area contributed by atoms with E-state index < -0.39 is 0 Å². The highest BCUT2D eigenvalue weighted by atomic mass is 16.5. The van der Waals surface area contributed by atoms with Crippen molar-refractivity contribution in [2.45, 2.75) is 0 Å². The zero-order chi connectivity index (χ0) is 18.2. The Morgan fingerprint density at radius 1 is 1.11 bits per heavy atom. The van der Waals surface area contributed by atoms with Gasteiger partial charge in [0.1, 0.15) is 17.9 Å². The number of hydrogen-bond acceptors (Lipinski definition) is 7. The van der Waals surface area contributed by atoms with Crippen LogP contribution in [0.1, 0.15) is 0 Å². The second-order valence-corrected chi connectivity index (χ2v) is 5.90. The fraction of sp³-hybridized carbons (Fsp3) is 0.0556. The maximum Gasteiger partial charge on any atom is 0.186 e. The molecule has 0 aliphatic rings. The molecule has 27 heavy (non-hydrogen) atoms. The van der Waals surface area contributed by atoms with E-state index in [1.807, 2.05) is 24.3 Å². The number of aromatic amines is 2. The third-order valence-corrected chi connectivity index (χ3v) is 4.31. The van der Waals surface area contributed by atoms with Gasteiger partial charge in [-0.2, -0.15) is 10.2 Å². The quantitative estimate of drug-likeness (QED) is 0.452. The fourth-order valence-corrected chi connectivity index (χ4v) is 3.04. The summed E-state index contributed by atoms with van der Waals surface area (Å²) in [4.78, 5) is 12.9. The first-order valence-corrected chi connectivity index (χ1v) is 8.21. The molecule has 0 aliphatic carbocycles. The van der Waals surface area contributed by atoms with Gasteiger partial charge in [-0.1, -0.05) is 0 Å². The van der Waals surface area contributed by atoms with Crippen LogP contribution in [-0.2, 0) is 0 Å². The van der Waals surface area contributed by atoms with Crippen molar-refractivity contribution in [1.29, 1.82) is 0 Å². The summed E-state index contributed by atoms with van der Waals surface area (Å²) in [5.74, 6) is 1.29. The Labute approximate surface area is 152 Å². The lowest BCUT2D eigenvalue weighted by molar-refractivity contribution is 0.417. The SMILES string of the molecule is COc1cc2[nH]ncc2cc1Nc1ncnc2n[nH]c(-c3cccnc3)c12. The number of nitrogens with one attached hydrogen (secondary N) is 3. The first kappa shape index (κ1) is 15.3. The third-order valence-electron chi connectivity index (χ3n) is 4.31. The summed E-state index contributed by atoms with van der Waals surface area (Å²) in [6.07, 6.45) is 6.72. The van der Waals surface area contributed by atoms with Crippen LogP contribution in [0, 0.1) is 0 Å². The first-order valence-electron chi connectivity index (χ1n) is 8.21. The number of benzene rings is 1. The number of anilines is 2. The molecule has 3 N–H and O–H groups in total. The number of rotatable bonds is 4. The lowest BCUT2D eigenvalue weighted by atomic mass is 10.1. The smallest absolute Gasteiger partial charge is 0.186 e. The Morgan fingerprint density at radius 3 is 2.93 bits per heavy atom. The lowest BCUT2D eigenvalue weighted by Gasteiger charge is -2.12. The Hall–Kier alpha value is -4.01. The van der Waals surface area contributed by atoms with Gasteiger partial charge >= 0.3 is 0 Å². The van der Waals surface area contributed by atoms with E-state index in [0.717, 1.165) is 33.2 Å². The van der Waals surface area contributed by atoms with Crippen molar-refractivity contribution in [2.24, 2.45) is 0 Å². The summed E-state index contributed by atoms with van der Waals surface area (Å²) in [5.41, 5.74) is 3.92. The highest BCUT2D eigenvalue weighted by Gasteiger charge is 2.16. The number of aromatic nitrogens is 7. The van der Waals surface area contributed by atoms with Gasteiger partial charge in [0.25, 0.3) is 0 Å². The highest BCUT2D eigenvalue weighted by molar-refractivity contribution is 6.00. The molecule has 0 fully saturated rings. The number of fused-ring (bicyclic) bond motifs is 2. The van der Waals surface area contributed by atoms with Gasteiger partial charge in [-0.15, -0.1) is 0 Å². The van der Waals surface area contributed by atoms with E-state index in [1.165, 1.54) is 6.33 Å². The van der Waals surface area contributed by atoms with Crippen LogP contribution in [0.25, 0.3) is 33.2 Å². The average Bonchev–Trinajstić information content (AvgIpc) is 3.35. The van der Waals surface area contributed by atoms with Crippen molar-refractivity contribution in [2.75, 3.05) is 12.4 Å². The van der Waals surface area contributed by atoms with Gasteiger partial charge in [0, 0.05) is 29.4 Å². The lowest BCUT2D eigenvalue weighted by Crippen LogP contribution is -1.98. The largest absolute Gasteiger partial charge is 0.494 e. The molecule has 0 saturated carbocycles. The molecule has 9 heteroatoms. The monoisotopic (exact) mass is 358 g/mol. The van der Waals surface area contributed by atoms with Crippen molar-refractivity contribution in [1.82, 2.24) is 35.3 Å². The number of nitrogens with zero attached hydrogens (tertiary/aromatic N) is 5. The summed E-state index contributed by atoms with van der Waals surface area (Å²) in [6.45, 7) is 0. The minimum absolute atomic E-state index is 0.565. The second-order valence-electron chi connectivity index (χ2n) is 5.90. The van der Waals surface area contributed by atoms with Gasteiger partial charge in [-0.25, -0.2) is 9.97 Å². The molecular formula is C18H14N8O. The van der Waals surface area contributed by atoms with E-state index in [4.69, 9.17) is 4.74 Å². The molecule has 0 amide bonds. The van der Waals surface area contributed by atoms with Crippen molar-refractivity contribution in [3.05, 3.63) is 49.2 Å². The van der Waals surface area contributed by atoms with Gasteiger partial charge in [0.05, 0.1) is 35.6 Å². The predicted molar refractivity (Wildman–Crippen MR) is 101 cm³/mol. The van der Waals surface area contributed by atoms with Crippen LogP contribution in [0.3, 0.4) is 0 Å². The predicted octanol–water partition coefficient (Wildman–Crippen LogP) is 3.04. The Kier molecular flexibility index (Phi) is 3.42. The van der Waals surface area contributed by atoms with Crippen molar-refractivity contribution >= 4 is 33.4 Å². The van der Waals surface area contributed by atoms with E-state index >= 15 is 0 Å². The van der Waals surface area contributed by atoms with Gasteiger partial charge in [-0.05, 0) is 18.2 Å². The minimum atomic E-state index is 0.565. The molecule has 0 saturated heterocycles. The van der Waals surface area contributed by atoms with Gasteiger partial charge in [0.15, 0.2) is 5.65 Å². The third kappa shape index (κ3) is 2.53. The van der Waals surface area contributed by atoms with E-state index in [0.29, 0.717) is 17.2 Å². The molecule has 132 valence electrons. The summed E-state index contributed by atoms with van der Waals surface area (Å²) in [7, 11) is 1.62. The molecule has 4 aromatic heterocycles. The van der Waals surface area contributed by atoms with Crippen LogP contribution >= 0.6 is 0 Å². The second kappa shape index (κ2) is 6.06. The molecule has 0 radical (unpaired) electrons. The van der Waals surface area contributed by atoms with E-state index in [-0.39, 0.29) is 0 Å². The van der Waals surface area contributed by atoms with Crippen molar-refractivity contribution in [3.63, 3.8) is 0 Å². The number of H-pyrrole nitrogens is 2. The normalized spacial score (nSPS) is 11.1. The molecule has 4 heterocycles. The van der Waals surface area contributed by atoms with Crippen molar-refractivity contribution in [3.8, 4) is 17.0 Å². The summed E-state index contributed by atoms with van der Waals surface area (Å²) in [6, 6.07) is 7.67. The van der Waals surface area contributed by atoms with Crippen LogP contribution < -0.4 is 10.1 Å². The molecule has 0 unspecified atom stereocenters. The van der Waals surface area contributed by atoms with Crippen LogP contribution in [0.5, 0.6) is 5.75 Å². The number of ether oxygens (including phenoxy) is 1. The molecule has 0 atom stereocenters. The number of methoxy groups -OCH3 is 1. The summed E-state index contributed by atoms with van der Waals surface area (Å²) in [5, 5.41) is 19.4. The average molecular weight is 358 g/mol. The molecule has 0 bridgehead atoms. The maximum absolute atomic E-state index is 5.52. The molecule has 0 aliphatic heterocycles. The fourth-order valence-electron chi connectivity index (χ4n) is 3.04. The highest BCUT2D eigenvalue weighted by Crippen LogP contribution is 2.35. The molecule has 0 spiro atoms. The van der Waals surface area contributed by atoms with Gasteiger partial charge < -0.3 is 10.1 Å². The summed E-state index contributed by atoms with van der Waals surface area (Å²) < 4.78 is 5.52. The van der Waals surface area contributed by atoms with Crippen LogP contribution in [0.4, 0.5) is 11.5 Å². The van der Waals surface area contributed by atoms with E-state index in [1.54, 1.807) is 25.7 Å². The van der Waals surface area contributed by atoms with Crippen LogP contribution in [0.2, 0.25) is 0 Å². The zero-order valence-electron chi connectivity index (χ0n) is 14.3. The standard InChI is InChI=1S/C18H14N8O/c1-27-14-6-12-11(8-22-24-12)5-13(14)23-17-15-16(10-3-2-4-19-7-10)25-26-18(15)21-9-20-17/h2-9H,1H3,(H,22,24)(H2,20,21,23,25,26). The molecule has 1 aromatic carbocycles. The Morgan fingerprint density at radius 2 is 2.07 bits per heavy atom. The van der Waals surface area contributed by atoms with Gasteiger partial charge in [-0.3, -0.25) is 15.2 Å². The Bertz CT molecular complexity index is 1240. The molecule has 9 nitrogen and oxygen atoms in total. The Balaban J connectivity index is 1.67. The molecule has 5 rings (SSSR count). The zero-order valence-corrected chi connectivity index (χ0v) is 14.3. The first-order chi connectivity index (χ1) is 13.3. The number of pyridine rings is 1. The molecule has 5 aromatic rings. The number of hydrogen-bond donors (Lipinski definition) is 3. The van der Waals surface area contributed by atoms with Gasteiger partial charge in [0.2, 0.25) is 0 Å². The van der Waals surface area contributed by atoms with Crippen molar-refractivity contribution < 1.29 is 4.74 Å². The van der Waals surface area contributed by atoms with Crippen LogP contribution in [0.15, 0.2) is 49.2 Å². The topological polar surface area (TPSA) is 117 Å². The maximum atomic E-state index is 5.52. The van der Waals surface area contributed by atoms with Crippen LogP contribution in [-0.4, -0.2) is 42.5 Å². The molecular weight excluding hydrogens is 344 g/mol. The van der Waals surface area contributed by atoms with E-state index in [9.17, 15) is 0 Å². The summed E-state index contributed by atoms with van der Waals surface area (Å²) >= 11 is 0.